The van der Waals surface area contributed by atoms with Crippen molar-refractivity contribution in [1.82, 2.24) is 20.1 Å². The lowest BCUT2D eigenvalue weighted by Gasteiger charge is -2.22. The van der Waals surface area contributed by atoms with E-state index in [0.29, 0.717) is 13.0 Å². The standard InChI is InChI=1S/C22H26N4O2S/c1-4-17(22-24-15(3)13-29-22)25-21(27)16-10-12-28-20(16)19-9-11-23-26(19)18-8-6-5-7-14(18)2/h5-9,11,13,16-17,20H,4,10,12H2,1-3H3,(H,25,27)/t16-,17-,20-/m0/s1. The first-order valence-electron chi connectivity index (χ1n) is 10.0. The Morgan fingerprint density at radius 3 is 2.90 bits per heavy atom. The van der Waals surface area contributed by atoms with Crippen molar-refractivity contribution in [2.45, 2.75) is 45.8 Å². The van der Waals surface area contributed by atoms with Crippen LogP contribution in [0.25, 0.3) is 5.69 Å². The molecule has 3 atom stereocenters. The van der Waals surface area contributed by atoms with Crippen LogP contribution in [-0.4, -0.2) is 27.3 Å². The van der Waals surface area contributed by atoms with Gasteiger partial charge in [-0.25, -0.2) is 9.67 Å². The largest absolute Gasteiger partial charge is 0.371 e. The summed E-state index contributed by atoms with van der Waals surface area (Å²) in [6, 6.07) is 9.98. The van der Waals surface area contributed by atoms with Gasteiger partial charge in [-0.05, 0) is 44.4 Å². The number of rotatable bonds is 6. The van der Waals surface area contributed by atoms with Gasteiger partial charge in [-0.15, -0.1) is 11.3 Å². The molecule has 1 aliphatic rings. The minimum atomic E-state index is -0.312. The number of hydrogen-bond donors (Lipinski definition) is 1. The van der Waals surface area contributed by atoms with Gasteiger partial charge in [0.05, 0.1) is 23.3 Å². The van der Waals surface area contributed by atoms with Crippen LogP contribution in [0.3, 0.4) is 0 Å². The van der Waals surface area contributed by atoms with E-state index < -0.39 is 0 Å². The van der Waals surface area contributed by atoms with Gasteiger partial charge >= 0.3 is 0 Å². The zero-order valence-corrected chi connectivity index (χ0v) is 17.8. The molecular weight excluding hydrogens is 384 g/mol. The molecule has 29 heavy (non-hydrogen) atoms. The van der Waals surface area contributed by atoms with E-state index in [2.05, 4.69) is 35.3 Å². The van der Waals surface area contributed by atoms with Crippen molar-refractivity contribution in [2.24, 2.45) is 5.92 Å². The lowest BCUT2D eigenvalue weighted by atomic mass is 9.97. The van der Waals surface area contributed by atoms with Crippen LogP contribution in [0.4, 0.5) is 0 Å². The molecule has 1 aliphatic heterocycles. The Morgan fingerprint density at radius 1 is 1.34 bits per heavy atom. The van der Waals surface area contributed by atoms with Gasteiger partial charge in [0.2, 0.25) is 5.91 Å². The minimum absolute atomic E-state index is 0.0183. The number of carbonyl (C=O) groups is 1. The Kier molecular flexibility index (Phi) is 5.78. The topological polar surface area (TPSA) is 69.0 Å². The van der Waals surface area contributed by atoms with Crippen molar-refractivity contribution >= 4 is 17.2 Å². The maximum absolute atomic E-state index is 13.2. The summed E-state index contributed by atoms with van der Waals surface area (Å²) in [7, 11) is 0. The van der Waals surface area contributed by atoms with Crippen molar-refractivity contribution in [2.75, 3.05) is 6.61 Å². The summed E-state index contributed by atoms with van der Waals surface area (Å²) in [6.45, 7) is 6.66. The highest BCUT2D eigenvalue weighted by Gasteiger charge is 2.38. The number of ether oxygens (including phenoxy) is 1. The third-order valence-corrected chi connectivity index (χ3v) is 6.47. The molecule has 1 N–H and O–H groups in total. The Balaban J connectivity index is 1.56. The highest BCUT2D eigenvalue weighted by molar-refractivity contribution is 7.09. The third kappa shape index (κ3) is 3.97. The molecule has 152 valence electrons. The summed E-state index contributed by atoms with van der Waals surface area (Å²) < 4.78 is 7.92. The fourth-order valence-corrected chi connectivity index (χ4v) is 4.76. The lowest BCUT2D eigenvalue weighted by molar-refractivity contribution is -0.127. The van der Waals surface area contributed by atoms with Crippen LogP contribution in [-0.2, 0) is 9.53 Å². The smallest absolute Gasteiger partial charge is 0.226 e. The molecule has 0 aliphatic carbocycles. The highest BCUT2D eigenvalue weighted by atomic mass is 32.1. The van der Waals surface area contributed by atoms with Gasteiger partial charge in [0, 0.05) is 23.9 Å². The van der Waals surface area contributed by atoms with E-state index in [1.165, 1.54) is 0 Å². The molecule has 1 aromatic carbocycles. The second-order valence-electron chi connectivity index (χ2n) is 7.44. The number of aryl methyl sites for hydroxylation is 2. The van der Waals surface area contributed by atoms with E-state index in [1.54, 1.807) is 17.5 Å². The van der Waals surface area contributed by atoms with Gasteiger partial charge in [-0.1, -0.05) is 25.1 Å². The monoisotopic (exact) mass is 410 g/mol. The second kappa shape index (κ2) is 8.47. The van der Waals surface area contributed by atoms with Gasteiger partial charge in [-0.2, -0.15) is 5.10 Å². The molecular formula is C22H26N4O2S. The van der Waals surface area contributed by atoms with E-state index in [0.717, 1.165) is 34.1 Å². The molecule has 2 aromatic heterocycles. The van der Waals surface area contributed by atoms with Gasteiger partial charge in [0.25, 0.3) is 0 Å². The van der Waals surface area contributed by atoms with Crippen LogP contribution in [0.2, 0.25) is 0 Å². The first-order valence-corrected chi connectivity index (χ1v) is 10.9. The number of thiazole rings is 1. The molecule has 0 radical (unpaired) electrons. The van der Waals surface area contributed by atoms with Crippen LogP contribution in [0.5, 0.6) is 0 Å². The highest BCUT2D eigenvalue weighted by Crippen LogP contribution is 2.36. The fourth-order valence-electron chi connectivity index (χ4n) is 3.83. The molecule has 0 unspecified atom stereocenters. The Bertz CT molecular complexity index is 996. The lowest BCUT2D eigenvalue weighted by Crippen LogP contribution is -2.35. The summed E-state index contributed by atoms with van der Waals surface area (Å²) in [4.78, 5) is 17.7. The van der Waals surface area contributed by atoms with Crippen LogP contribution in [0, 0.1) is 19.8 Å². The number of hydrogen-bond acceptors (Lipinski definition) is 5. The molecule has 1 amide bonds. The fraction of sp³-hybridized carbons (Fsp3) is 0.409. The summed E-state index contributed by atoms with van der Waals surface area (Å²) >= 11 is 1.60. The van der Waals surface area contributed by atoms with Crippen molar-refractivity contribution < 1.29 is 9.53 Å². The first-order chi connectivity index (χ1) is 14.1. The molecule has 0 spiro atoms. The third-order valence-electron chi connectivity index (χ3n) is 5.40. The molecule has 3 heterocycles. The van der Waals surface area contributed by atoms with Crippen LogP contribution in [0.1, 0.15) is 53.9 Å². The SMILES string of the molecule is CC[C@H](NC(=O)[C@H]1CCO[C@@H]1c1ccnn1-c1ccccc1C)c1nc(C)cs1. The normalized spacial score (nSPS) is 20.0. The van der Waals surface area contributed by atoms with E-state index >= 15 is 0 Å². The summed E-state index contributed by atoms with van der Waals surface area (Å²) in [5, 5.41) is 10.7. The Morgan fingerprint density at radius 2 is 2.17 bits per heavy atom. The van der Waals surface area contributed by atoms with E-state index in [9.17, 15) is 4.79 Å². The van der Waals surface area contributed by atoms with Gasteiger partial charge in [0.1, 0.15) is 11.1 Å². The number of nitrogens with zero attached hydrogens (tertiary/aromatic N) is 3. The molecule has 1 fully saturated rings. The van der Waals surface area contributed by atoms with Gasteiger partial charge in [-0.3, -0.25) is 4.79 Å². The van der Waals surface area contributed by atoms with Crippen LogP contribution < -0.4 is 5.32 Å². The van der Waals surface area contributed by atoms with E-state index in [1.807, 2.05) is 41.3 Å². The molecule has 7 heteroatoms. The summed E-state index contributed by atoms with van der Waals surface area (Å²) in [5.41, 5.74) is 4.03. The maximum Gasteiger partial charge on any atom is 0.226 e. The van der Waals surface area contributed by atoms with E-state index in [4.69, 9.17) is 4.74 Å². The molecule has 1 saturated heterocycles. The van der Waals surface area contributed by atoms with E-state index in [-0.39, 0.29) is 24.0 Å². The number of nitrogens with one attached hydrogen (secondary N) is 1. The van der Waals surface area contributed by atoms with Crippen LogP contribution in [0.15, 0.2) is 41.9 Å². The molecule has 0 bridgehead atoms. The zero-order chi connectivity index (χ0) is 20.4. The maximum atomic E-state index is 13.2. The molecule has 4 rings (SSSR count). The number of benzene rings is 1. The average Bonchev–Trinajstić information content (AvgIpc) is 3.46. The number of amides is 1. The predicted molar refractivity (Wildman–Crippen MR) is 113 cm³/mol. The zero-order valence-electron chi connectivity index (χ0n) is 17.0. The van der Waals surface area contributed by atoms with Gasteiger partial charge < -0.3 is 10.1 Å². The van der Waals surface area contributed by atoms with Crippen molar-refractivity contribution in [3.63, 3.8) is 0 Å². The number of aromatic nitrogens is 3. The van der Waals surface area contributed by atoms with Crippen molar-refractivity contribution in [1.29, 1.82) is 0 Å². The quantitative estimate of drug-likeness (QED) is 0.658. The second-order valence-corrected chi connectivity index (χ2v) is 8.33. The minimum Gasteiger partial charge on any atom is -0.371 e. The first kappa shape index (κ1) is 19.8. The van der Waals surface area contributed by atoms with Gasteiger partial charge in [0.15, 0.2) is 0 Å². The average molecular weight is 411 g/mol. The van der Waals surface area contributed by atoms with Crippen molar-refractivity contribution in [3.05, 3.63) is 63.9 Å². The molecule has 0 saturated carbocycles. The van der Waals surface area contributed by atoms with Crippen LogP contribution >= 0.6 is 11.3 Å². The predicted octanol–water partition coefficient (Wildman–Crippen LogP) is 4.29. The Labute approximate surface area is 174 Å². The molecule has 6 nitrogen and oxygen atoms in total. The summed E-state index contributed by atoms with van der Waals surface area (Å²) in [6.07, 6.45) is 2.96. The number of para-hydroxylation sites is 1. The Hall–Kier alpha value is -2.51. The molecule has 3 aromatic rings. The summed E-state index contributed by atoms with van der Waals surface area (Å²) in [5.74, 6) is -0.227. The number of carbonyl (C=O) groups excluding carboxylic acids is 1. The van der Waals surface area contributed by atoms with Crippen molar-refractivity contribution in [3.8, 4) is 5.69 Å².